The van der Waals surface area contributed by atoms with Crippen molar-refractivity contribution in [2.45, 2.75) is 4.90 Å². The lowest BCUT2D eigenvalue weighted by atomic mass is 10.1. The highest BCUT2D eigenvalue weighted by atomic mass is 32.2. The van der Waals surface area contributed by atoms with Crippen LogP contribution in [-0.4, -0.2) is 29.3 Å². The predicted molar refractivity (Wildman–Crippen MR) is 143 cm³/mol. The summed E-state index contributed by atoms with van der Waals surface area (Å²) >= 11 is 5.26. The molecule has 1 aromatic heterocycles. The first-order chi connectivity index (χ1) is 17.8. The van der Waals surface area contributed by atoms with Crippen LogP contribution in [0.3, 0.4) is 0 Å². The monoisotopic (exact) mass is 529 g/mol. The number of benzene rings is 3. The van der Waals surface area contributed by atoms with E-state index in [2.05, 4.69) is 5.32 Å². The average Bonchev–Trinajstić information content (AvgIpc) is 3.38. The maximum atomic E-state index is 13.4. The van der Waals surface area contributed by atoms with Gasteiger partial charge in [-0.25, -0.2) is 12.4 Å². The van der Waals surface area contributed by atoms with Gasteiger partial charge in [-0.1, -0.05) is 36.4 Å². The number of carbonyl (C=O) groups is 2. The molecule has 2 amide bonds. The fourth-order valence-electron chi connectivity index (χ4n) is 3.74. The Kier molecular flexibility index (Phi) is 6.43. The Morgan fingerprint density at radius 2 is 1.41 bits per heavy atom. The molecule has 1 aliphatic rings. The minimum Gasteiger partial charge on any atom is -0.457 e. The minimum atomic E-state index is -3.94. The van der Waals surface area contributed by atoms with Crippen molar-refractivity contribution >= 4 is 50.9 Å². The van der Waals surface area contributed by atoms with Crippen molar-refractivity contribution in [1.29, 1.82) is 0 Å². The van der Waals surface area contributed by atoms with E-state index in [4.69, 9.17) is 17.0 Å². The smallest absolute Gasteiger partial charge is 0.270 e. The van der Waals surface area contributed by atoms with Crippen LogP contribution in [0, 0.1) is 0 Å². The zero-order chi connectivity index (χ0) is 26.0. The molecule has 1 aliphatic heterocycles. The third kappa shape index (κ3) is 4.80. The fourth-order valence-corrected chi connectivity index (χ4v) is 5.37. The molecule has 1 saturated heterocycles. The van der Waals surface area contributed by atoms with Crippen molar-refractivity contribution in [2.24, 2.45) is 0 Å². The number of amides is 2. The van der Waals surface area contributed by atoms with Gasteiger partial charge in [-0.15, -0.1) is 0 Å². The molecule has 184 valence electrons. The van der Waals surface area contributed by atoms with Gasteiger partial charge in [0.1, 0.15) is 17.1 Å². The lowest BCUT2D eigenvalue weighted by molar-refractivity contribution is -0.122. The second kappa shape index (κ2) is 9.84. The van der Waals surface area contributed by atoms with Gasteiger partial charge in [0.05, 0.1) is 16.3 Å². The molecule has 10 heteroatoms. The van der Waals surface area contributed by atoms with Crippen molar-refractivity contribution < 1.29 is 22.7 Å². The van der Waals surface area contributed by atoms with E-state index in [-0.39, 0.29) is 21.3 Å². The van der Waals surface area contributed by atoms with Crippen molar-refractivity contribution in [1.82, 2.24) is 9.29 Å². The van der Waals surface area contributed by atoms with Crippen LogP contribution in [0.4, 0.5) is 5.69 Å². The zero-order valence-corrected chi connectivity index (χ0v) is 20.8. The third-order valence-corrected chi connectivity index (χ3v) is 7.51. The first-order valence-corrected chi connectivity index (χ1v) is 12.9. The number of rotatable bonds is 6. The van der Waals surface area contributed by atoms with Crippen molar-refractivity contribution in [3.8, 4) is 11.5 Å². The van der Waals surface area contributed by atoms with Gasteiger partial charge < -0.3 is 4.74 Å². The van der Waals surface area contributed by atoms with Gasteiger partial charge in [-0.2, -0.15) is 0 Å². The van der Waals surface area contributed by atoms with Gasteiger partial charge >= 0.3 is 0 Å². The van der Waals surface area contributed by atoms with Crippen molar-refractivity contribution in [3.63, 3.8) is 0 Å². The molecule has 0 radical (unpaired) electrons. The second-order valence-corrected chi connectivity index (χ2v) is 10.1. The summed E-state index contributed by atoms with van der Waals surface area (Å²) in [7, 11) is -3.94. The Labute approximate surface area is 218 Å². The molecule has 0 bridgehead atoms. The summed E-state index contributed by atoms with van der Waals surface area (Å²) in [6, 6.07) is 26.7. The lowest BCUT2D eigenvalue weighted by Gasteiger charge is -2.29. The Balaban J connectivity index is 1.45. The number of carbonyl (C=O) groups excluding carboxylic acids is 2. The van der Waals surface area contributed by atoms with E-state index in [0.29, 0.717) is 17.2 Å². The summed E-state index contributed by atoms with van der Waals surface area (Å²) in [6.07, 6.45) is 2.59. The Morgan fingerprint density at radius 1 is 0.784 bits per heavy atom. The summed E-state index contributed by atoms with van der Waals surface area (Å²) in [5, 5.41) is 2.42. The van der Waals surface area contributed by atoms with Crippen LogP contribution in [0.15, 0.2) is 114 Å². The van der Waals surface area contributed by atoms with Gasteiger partial charge in [0, 0.05) is 6.20 Å². The van der Waals surface area contributed by atoms with Crippen LogP contribution < -0.4 is 15.0 Å². The third-order valence-electron chi connectivity index (χ3n) is 5.51. The number of ether oxygens (including phenoxy) is 1. The summed E-state index contributed by atoms with van der Waals surface area (Å²) in [4.78, 5) is 27.4. The van der Waals surface area contributed by atoms with E-state index in [1.54, 1.807) is 42.5 Å². The fraction of sp³-hybridized carbons (Fsp3) is 0. The molecule has 5 rings (SSSR count). The summed E-state index contributed by atoms with van der Waals surface area (Å²) in [5.74, 6) is -0.199. The first-order valence-electron chi connectivity index (χ1n) is 11.1. The van der Waals surface area contributed by atoms with Crippen LogP contribution in [-0.2, 0) is 19.6 Å². The molecular formula is C27H19N3O5S2. The van der Waals surface area contributed by atoms with Crippen molar-refractivity contribution in [2.75, 3.05) is 4.90 Å². The number of para-hydroxylation sites is 1. The normalized spacial score (nSPS) is 15.1. The predicted octanol–water partition coefficient (Wildman–Crippen LogP) is 4.35. The summed E-state index contributed by atoms with van der Waals surface area (Å²) in [5.41, 5.74) is 0.289. The Bertz CT molecular complexity index is 1630. The van der Waals surface area contributed by atoms with Crippen LogP contribution in [0.2, 0.25) is 0 Å². The van der Waals surface area contributed by atoms with E-state index in [0.717, 1.165) is 3.97 Å². The maximum Gasteiger partial charge on any atom is 0.270 e. The largest absolute Gasteiger partial charge is 0.457 e. The molecule has 0 aliphatic carbocycles. The Morgan fingerprint density at radius 3 is 2.08 bits per heavy atom. The van der Waals surface area contributed by atoms with E-state index in [9.17, 15) is 18.0 Å². The lowest BCUT2D eigenvalue weighted by Crippen LogP contribution is -2.54. The van der Waals surface area contributed by atoms with Crippen LogP contribution in [0.5, 0.6) is 11.5 Å². The SMILES string of the molecule is O=C1NC(=S)N(c2ccc(Oc3ccccc3)cc2)C(=O)C1=Cc1cccn1S(=O)(=O)c1ccccc1. The molecule has 0 atom stereocenters. The second-order valence-electron chi connectivity index (χ2n) is 7.91. The molecular weight excluding hydrogens is 510 g/mol. The summed E-state index contributed by atoms with van der Waals surface area (Å²) in [6.45, 7) is 0. The first kappa shape index (κ1) is 24.2. The molecule has 8 nitrogen and oxygen atoms in total. The number of anilines is 1. The molecule has 4 aromatic rings. The van der Waals surface area contributed by atoms with E-state index < -0.39 is 21.8 Å². The standard InChI is InChI=1S/C27H19N3O5S2/c31-25-24(18-20-8-7-17-29(20)37(33,34)23-11-5-2-6-12-23)26(32)30(27(36)28-25)19-13-15-22(16-14-19)35-21-9-3-1-4-10-21/h1-18H,(H,28,31,36). The molecule has 1 N–H and O–H groups in total. The maximum absolute atomic E-state index is 13.4. The molecule has 2 heterocycles. The quantitative estimate of drug-likeness (QED) is 0.227. The highest BCUT2D eigenvalue weighted by Gasteiger charge is 2.35. The van der Waals surface area contributed by atoms with Gasteiger partial charge in [0.25, 0.3) is 21.8 Å². The number of nitrogens with one attached hydrogen (secondary N) is 1. The summed E-state index contributed by atoms with van der Waals surface area (Å²) < 4.78 is 33.1. The highest BCUT2D eigenvalue weighted by molar-refractivity contribution is 7.90. The molecule has 0 spiro atoms. The highest BCUT2D eigenvalue weighted by Crippen LogP contribution is 2.27. The zero-order valence-electron chi connectivity index (χ0n) is 19.1. The van der Waals surface area contributed by atoms with Gasteiger partial charge in [-0.05, 0) is 79.0 Å². The molecule has 3 aromatic carbocycles. The van der Waals surface area contributed by atoms with Crippen LogP contribution in [0.25, 0.3) is 6.08 Å². The number of hydrogen-bond donors (Lipinski definition) is 1. The van der Waals surface area contributed by atoms with Gasteiger partial charge in [-0.3, -0.25) is 19.8 Å². The van der Waals surface area contributed by atoms with E-state index in [1.807, 2.05) is 30.3 Å². The van der Waals surface area contributed by atoms with Crippen LogP contribution in [0.1, 0.15) is 5.69 Å². The number of hydrogen-bond acceptors (Lipinski definition) is 6. The molecule has 0 unspecified atom stereocenters. The number of aromatic nitrogens is 1. The van der Waals surface area contributed by atoms with Gasteiger partial charge in [0.2, 0.25) is 0 Å². The number of thiocarbonyl (C=S) groups is 1. The van der Waals surface area contributed by atoms with Crippen molar-refractivity contribution in [3.05, 3.63) is 115 Å². The Hall–Kier alpha value is -4.54. The molecule has 37 heavy (non-hydrogen) atoms. The molecule has 1 fully saturated rings. The average molecular weight is 530 g/mol. The van der Waals surface area contributed by atoms with E-state index in [1.165, 1.54) is 41.4 Å². The van der Waals surface area contributed by atoms with E-state index >= 15 is 0 Å². The van der Waals surface area contributed by atoms with Gasteiger partial charge in [0.15, 0.2) is 5.11 Å². The topological polar surface area (TPSA) is 97.7 Å². The minimum absolute atomic E-state index is 0.0749. The van der Waals surface area contributed by atoms with Crippen LogP contribution >= 0.6 is 12.2 Å². The molecule has 0 saturated carbocycles. The number of nitrogens with zero attached hydrogens (tertiary/aromatic N) is 2.